The number of rotatable bonds is 4. The molecule has 0 spiro atoms. The lowest BCUT2D eigenvalue weighted by Crippen LogP contribution is -2.52. The summed E-state index contributed by atoms with van der Waals surface area (Å²) in [5.41, 5.74) is -1.71. The third kappa shape index (κ3) is 2.79. The summed E-state index contributed by atoms with van der Waals surface area (Å²) in [7, 11) is 1.27. The Morgan fingerprint density at radius 1 is 1.09 bits per heavy atom. The molecule has 1 aromatic heterocycles. The Bertz CT molecular complexity index is 1520. The number of halogens is 2. The summed E-state index contributed by atoms with van der Waals surface area (Å²) in [6.45, 7) is -0.315. The van der Waals surface area contributed by atoms with Crippen LogP contribution in [0.15, 0.2) is 28.7 Å². The topological polar surface area (TPSA) is 130 Å². The van der Waals surface area contributed by atoms with E-state index in [2.05, 4.69) is 16.0 Å². The molecule has 178 valence electrons. The first-order valence-corrected chi connectivity index (χ1v) is 10.6. The monoisotopic (exact) mass is 482 g/mol. The molecule has 2 aromatic carbocycles. The molecule has 35 heavy (non-hydrogen) atoms. The molecule has 3 N–H and O–H groups in total. The van der Waals surface area contributed by atoms with Crippen molar-refractivity contribution >= 4 is 34.7 Å². The number of methoxy groups -OCH3 is 1. The van der Waals surface area contributed by atoms with E-state index in [9.17, 15) is 23.6 Å². The van der Waals surface area contributed by atoms with Crippen molar-refractivity contribution in [2.24, 2.45) is 0 Å². The molecule has 6 rings (SSSR count). The predicted molar refractivity (Wildman–Crippen MR) is 113 cm³/mol. The summed E-state index contributed by atoms with van der Waals surface area (Å²) in [4.78, 5) is 51.4. The van der Waals surface area contributed by atoms with Crippen LogP contribution in [0, 0.1) is 11.6 Å². The standard InChI is InChI=1S/C23H16F2N4O6/c1-34-12-3-2-9-7-29(20(31)15(9)16(12)24)8-23(21(32)27-22(33)28-23)13-5-10-4-11-6-26-19(30)14(11)17(25)18(10)35-13/h2-5H,6-8H2,1H3,(H,26,30)(H2,27,28,32,33)/t23-/m0/s1. The molecule has 0 saturated carbocycles. The third-order valence-corrected chi connectivity index (χ3v) is 6.56. The summed E-state index contributed by atoms with van der Waals surface area (Å²) >= 11 is 0. The zero-order valence-electron chi connectivity index (χ0n) is 18.1. The molecule has 12 heteroatoms. The van der Waals surface area contributed by atoms with Gasteiger partial charge in [-0.3, -0.25) is 19.7 Å². The van der Waals surface area contributed by atoms with Gasteiger partial charge in [-0.15, -0.1) is 0 Å². The Labute approximate surface area is 195 Å². The maximum Gasteiger partial charge on any atom is 0.322 e. The van der Waals surface area contributed by atoms with Crippen LogP contribution in [0.3, 0.4) is 0 Å². The summed E-state index contributed by atoms with van der Waals surface area (Å²) in [6.07, 6.45) is 0. The van der Waals surface area contributed by atoms with E-state index in [-0.39, 0.29) is 46.7 Å². The third-order valence-electron chi connectivity index (χ3n) is 6.56. The van der Waals surface area contributed by atoms with Crippen molar-refractivity contribution < 1.29 is 37.1 Å². The van der Waals surface area contributed by atoms with E-state index < -0.39 is 47.5 Å². The molecule has 1 fully saturated rings. The number of hydrogen-bond acceptors (Lipinski definition) is 6. The van der Waals surface area contributed by atoms with Gasteiger partial charge in [-0.1, -0.05) is 6.07 Å². The van der Waals surface area contributed by atoms with Crippen molar-refractivity contribution in [2.75, 3.05) is 13.7 Å². The highest BCUT2D eigenvalue weighted by Gasteiger charge is 2.53. The number of urea groups is 1. The summed E-state index contributed by atoms with van der Waals surface area (Å²) in [5.74, 6) is -4.08. The van der Waals surface area contributed by atoms with E-state index in [4.69, 9.17) is 9.15 Å². The number of nitrogens with one attached hydrogen (secondary N) is 3. The average molecular weight is 482 g/mol. The van der Waals surface area contributed by atoms with Crippen LogP contribution in [0.5, 0.6) is 5.75 Å². The lowest BCUT2D eigenvalue weighted by molar-refractivity contribution is -0.125. The van der Waals surface area contributed by atoms with Crippen molar-refractivity contribution in [3.8, 4) is 5.75 Å². The molecule has 0 aliphatic carbocycles. The van der Waals surface area contributed by atoms with Gasteiger partial charge in [0.05, 0.1) is 24.8 Å². The van der Waals surface area contributed by atoms with Crippen molar-refractivity contribution in [3.05, 3.63) is 63.9 Å². The zero-order chi connectivity index (χ0) is 24.6. The van der Waals surface area contributed by atoms with Gasteiger partial charge in [0.25, 0.3) is 17.7 Å². The fourth-order valence-electron chi connectivity index (χ4n) is 4.88. The molecule has 1 atom stereocenters. The van der Waals surface area contributed by atoms with Crippen LogP contribution in [0.4, 0.5) is 13.6 Å². The Morgan fingerprint density at radius 3 is 2.60 bits per heavy atom. The Hall–Kier alpha value is -4.48. The zero-order valence-corrected chi connectivity index (χ0v) is 18.1. The highest BCUT2D eigenvalue weighted by molar-refractivity contribution is 6.09. The Kier molecular flexibility index (Phi) is 4.22. The van der Waals surface area contributed by atoms with E-state index in [1.807, 2.05) is 0 Å². The van der Waals surface area contributed by atoms with Crippen LogP contribution in [0.25, 0.3) is 11.0 Å². The van der Waals surface area contributed by atoms with Crippen molar-refractivity contribution in [3.63, 3.8) is 0 Å². The van der Waals surface area contributed by atoms with Crippen LogP contribution in [-0.2, 0) is 23.4 Å². The van der Waals surface area contributed by atoms with Crippen molar-refractivity contribution in [1.29, 1.82) is 0 Å². The van der Waals surface area contributed by atoms with Gasteiger partial charge >= 0.3 is 6.03 Å². The second-order valence-corrected chi connectivity index (χ2v) is 8.53. The number of imide groups is 1. The van der Waals surface area contributed by atoms with E-state index in [1.54, 1.807) is 6.07 Å². The van der Waals surface area contributed by atoms with Gasteiger partial charge in [0, 0.05) is 18.5 Å². The lowest BCUT2D eigenvalue weighted by atomic mass is 9.95. The number of furan rings is 1. The maximum absolute atomic E-state index is 15.1. The highest BCUT2D eigenvalue weighted by Crippen LogP contribution is 2.38. The molecule has 10 nitrogen and oxygen atoms in total. The first kappa shape index (κ1) is 21.1. The summed E-state index contributed by atoms with van der Waals surface area (Å²) in [6, 6.07) is 5.03. The van der Waals surface area contributed by atoms with Crippen LogP contribution in [0.2, 0.25) is 0 Å². The number of amides is 5. The number of nitrogens with zero attached hydrogens (tertiary/aromatic N) is 1. The van der Waals surface area contributed by atoms with E-state index in [1.165, 1.54) is 30.2 Å². The minimum atomic E-state index is -1.91. The van der Waals surface area contributed by atoms with E-state index in [0.29, 0.717) is 11.1 Å². The SMILES string of the molecule is COc1ccc2c(c1F)C(=O)N(C[C@@]1(c3cc4cc5c(c(F)c4o3)C(=O)NC5)NC(=O)NC1=O)C2. The molecular weight excluding hydrogens is 466 g/mol. The number of ether oxygens (including phenoxy) is 1. The van der Waals surface area contributed by atoms with Gasteiger partial charge in [0.2, 0.25) is 0 Å². The normalized spacial score (nSPS) is 20.7. The van der Waals surface area contributed by atoms with Gasteiger partial charge in [-0.2, -0.15) is 0 Å². The first-order valence-electron chi connectivity index (χ1n) is 10.6. The van der Waals surface area contributed by atoms with Gasteiger partial charge in [0.15, 0.2) is 28.5 Å². The maximum atomic E-state index is 15.1. The predicted octanol–water partition coefficient (Wildman–Crippen LogP) is 1.65. The molecule has 1 saturated heterocycles. The molecule has 0 bridgehead atoms. The molecule has 3 aliphatic heterocycles. The van der Waals surface area contributed by atoms with Gasteiger partial charge in [-0.25, -0.2) is 13.6 Å². The highest BCUT2D eigenvalue weighted by atomic mass is 19.1. The molecule has 3 aliphatic rings. The minimum absolute atomic E-state index is 0.0387. The van der Waals surface area contributed by atoms with Crippen LogP contribution in [0.1, 0.15) is 37.6 Å². The molecular formula is C23H16F2N4O6. The van der Waals surface area contributed by atoms with Crippen LogP contribution < -0.4 is 20.7 Å². The Balaban J connectivity index is 1.44. The minimum Gasteiger partial charge on any atom is -0.494 e. The van der Waals surface area contributed by atoms with E-state index >= 15 is 4.39 Å². The van der Waals surface area contributed by atoms with Gasteiger partial charge in [-0.05, 0) is 29.3 Å². The van der Waals surface area contributed by atoms with Crippen LogP contribution in [-0.4, -0.2) is 42.3 Å². The Morgan fingerprint density at radius 2 is 1.89 bits per heavy atom. The van der Waals surface area contributed by atoms with Crippen molar-refractivity contribution in [2.45, 2.75) is 18.6 Å². The number of carbonyl (C=O) groups excluding carboxylic acids is 4. The molecule has 4 heterocycles. The second-order valence-electron chi connectivity index (χ2n) is 8.53. The summed E-state index contributed by atoms with van der Waals surface area (Å²) < 4.78 is 40.6. The number of hydrogen-bond donors (Lipinski definition) is 3. The van der Waals surface area contributed by atoms with Crippen LogP contribution >= 0.6 is 0 Å². The lowest BCUT2D eigenvalue weighted by Gasteiger charge is -2.29. The van der Waals surface area contributed by atoms with Gasteiger partial charge < -0.3 is 24.7 Å². The molecule has 0 radical (unpaired) electrons. The second kappa shape index (κ2) is 7.01. The molecule has 3 aromatic rings. The van der Waals surface area contributed by atoms with E-state index in [0.717, 1.165) is 0 Å². The number of fused-ring (bicyclic) bond motifs is 3. The molecule has 0 unspecified atom stereocenters. The average Bonchev–Trinajstić information content (AvgIpc) is 3.55. The first-order chi connectivity index (χ1) is 16.7. The number of benzene rings is 2. The largest absolute Gasteiger partial charge is 0.494 e. The summed E-state index contributed by atoms with van der Waals surface area (Å²) in [5, 5.41) is 7.40. The van der Waals surface area contributed by atoms with Crippen molar-refractivity contribution in [1.82, 2.24) is 20.9 Å². The fourth-order valence-corrected chi connectivity index (χ4v) is 4.88. The molecule has 5 amide bonds. The quantitative estimate of drug-likeness (QED) is 0.485. The smallest absolute Gasteiger partial charge is 0.322 e. The van der Waals surface area contributed by atoms with Gasteiger partial charge in [0.1, 0.15) is 5.76 Å². The fraction of sp³-hybridized carbons (Fsp3) is 0.217. The number of carbonyl (C=O) groups is 4.